The van der Waals surface area contributed by atoms with Crippen LogP contribution in [0, 0.1) is 5.92 Å². The van der Waals surface area contributed by atoms with Gasteiger partial charge in [0.15, 0.2) is 0 Å². The smallest absolute Gasteiger partial charge is 0.0443 e. The maximum absolute atomic E-state index is 2.41. The molecule has 0 fully saturated rings. The van der Waals surface area contributed by atoms with Gasteiger partial charge >= 0.3 is 0 Å². The van der Waals surface area contributed by atoms with Crippen LogP contribution in [0.3, 0.4) is 0 Å². The molecular formula is C13H30. The second-order valence-electron chi connectivity index (χ2n) is 4.10. The van der Waals surface area contributed by atoms with Crippen molar-refractivity contribution >= 4 is 0 Å². The third kappa shape index (κ3) is 12.0. The van der Waals surface area contributed by atoms with E-state index in [0.717, 1.165) is 5.92 Å². The molecule has 82 valence electrons. The Morgan fingerprint density at radius 2 is 1.15 bits per heavy atom. The monoisotopic (exact) mass is 186 g/mol. The quantitative estimate of drug-likeness (QED) is 0.444. The second kappa shape index (κ2) is 12.0. The molecule has 0 aliphatic rings. The first-order valence-corrected chi connectivity index (χ1v) is 5.81. The lowest BCUT2D eigenvalue weighted by atomic mass is 9.97. The Morgan fingerprint density at radius 1 is 0.769 bits per heavy atom. The van der Waals surface area contributed by atoms with Gasteiger partial charge in [-0.25, -0.2) is 0 Å². The third-order valence-electron chi connectivity index (χ3n) is 2.60. The molecule has 0 N–H and O–H groups in total. The SMILES string of the molecule is C.CCCCCC(C)CCCCC. The molecular weight excluding hydrogens is 156 g/mol. The van der Waals surface area contributed by atoms with E-state index >= 15 is 0 Å². The van der Waals surface area contributed by atoms with Crippen molar-refractivity contribution < 1.29 is 0 Å². The van der Waals surface area contributed by atoms with Gasteiger partial charge in [-0.3, -0.25) is 0 Å². The predicted molar refractivity (Wildman–Crippen MR) is 64.2 cm³/mol. The Morgan fingerprint density at radius 3 is 1.46 bits per heavy atom. The molecule has 0 saturated carbocycles. The van der Waals surface area contributed by atoms with E-state index < -0.39 is 0 Å². The number of rotatable bonds is 8. The molecule has 0 aromatic rings. The first-order chi connectivity index (χ1) is 5.81. The zero-order chi connectivity index (χ0) is 9.23. The van der Waals surface area contributed by atoms with Gasteiger partial charge in [0.2, 0.25) is 0 Å². The van der Waals surface area contributed by atoms with Crippen LogP contribution in [0.2, 0.25) is 0 Å². The summed E-state index contributed by atoms with van der Waals surface area (Å²) >= 11 is 0. The van der Waals surface area contributed by atoms with Gasteiger partial charge in [0.1, 0.15) is 0 Å². The van der Waals surface area contributed by atoms with Crippen LogP contribution in [0.5, 0.6) is 0 Å². The molecule has 0 aromatic carbocycles. The molecule has 0 aliphatic heterocycles. The number of unbranched alkanes of at least 4 members (excludes halogenated alkanes) is 4. The van der Waals surface area contributed by atoms with Gasteiger partial charge in [-0.1, -0.05) is 79.6 Å². The van der Waals surface area contributed by atoms with Crippen LogP contribution in [0.4, 0.5) is 0 Å². The molecule has 0 bridgehead atoms. The van der Waals surface area contributed by atoms with Crippen LogP contribution in [-0.4, -0.2) is 0 Å². The Bertz CT molecular complexity index is 66.1. The van der Waals surface area contributed by atoms with E-state index in [1.165, 1.54) is 51.4 Å². The molecule has 0 saturated heterocycles. The van der Waals surface area contributed by atoms with Crippen LogP contribution < -0.4 is 0 Å². The average Bonchev–Trinajstić information content (AvgIpc) is 2.06. The third-order valence-corrected chi connectivity index (χ3v) is 2.60. The van der Waals surface area contributed by atoms with Crippen LogP contribution >= 0.6 is 0 Å². The molecule has 0 amide bonds. The standard InChI is InChI=1S/C12H26.CH4/c1-4-6-8-10-12(3)11-9-7-5-2;/h12H,4-11H2,1-3H3;1H4. The first-order valence-electron chi connectivity index (χ1n) is 5.81. The molecule has 0 unspecified atom stereocenters. The van der Waals surface area contributed by atoms with E-state index in [1.807, 2.05) is 0 Å². The maximum atomic E-state index is 2.41. The van der Waals surface area contributed by atoms with Gasteiger partial charge in [-0.15, -0.1) is 0 Å². The van der Waals surface area contributed by atoms with Crippen LogP contribution in [0.25, 0.3) is 0 Å². The summed E-state index contributed by atoms with van der Waals surface area (Å²) in [5.74, 6) is 0.975. The molecule has 13 heavy (non-hydrogen) atoms. The van der Waals surface area contributed by atoms with Crippen molar-refractivity contribution in [1.29, 1.82) is 0 Å². The molecule has 0 nitrogen and oxygen atoms in total. The summed E-state index contributed by atoms with van der Waals surface area (Å²) in [6, 6.07) is 0. The topological polar surface area (TPSA) is 0 Å². The minimum atomic E-state index is 0. The molecule has 0 atom stereocenters. The summed E-state index contributed by atoms with van der Waals surface area (Å²) in [5, 5.41) is 0. The Labute approximate surface area is 86.1 Å². The zero-order valence-electron chi connectivity index (χ0n) is 9.23. The molecule has 0 rings (SSSR count). The second-order valence-corrected chi connectivity index (χ2v) is 4.10. The summed E-state index contributed by atoms with van der Waals surface area (Å²) in [5.41, 5.74) is 0. The minimum Gasteiger partial charge on any atom is -0.0776 e. The zero-order valence-corrected chi connectivity index (χ0v) is 9.23. The van der Waals surface area contributed by atoms with E-state index in [2.05, 4.69) is 20.8 Å². The molecule has 0 spiro atoms. The fraction of sp³-hybridized carbons (Fsp3) is 1.00. The Hall–Kier alpha value is 0. The first kappa shape index (κ1) is 15.5. The number of hydrogen-bond donors (Lipinski definition) is 0. The van der Waals surface area contributed by atoms with Gasteiger partial charge in [0, 0.05) is 0 Å². The highest BCUT2D eigenvalue weighted by molar-refractivity contribution is 4.53. The fourth-order valence-corrected chi connectivity index (χ4v) is 1.63. The minimum absolute atomic E-state index is 0. The fourth-order valence-electron chi connectivity index (χ4n) is 1.63. The predicted octanol–water partition coefficient (Wildman–Crippen LogP) is 5.42. The van der Waals surface area contributed by atoms with E-state index in [4.69, 9.17) is 0 Å². The van der Waals surface area contributed by atoms with E-state index in [0.29, 0.717) is 0 Å². The molecule has 0 heterocycles. The van der Waals surface area contributed by atoms with Gasteiger partial charge in [0.05, 0.1) is 0 Å². The Balaban J connectivity index is 0. The number of hydrogen-bond acceptors (Lipinski definition) is 0. The van der Waals surface area contributed by atoms with Gasteiger partial charge in [0.25, 0.3) is 0 Å². The summed E-state index contributed by atoms with van der Waals surface area (Å²) < 4.78 is 0. The highest BCUT2D eigenvalue weighted by Gasteiger charge is 2.00. The van der Waals surface area contributed by atoms with Crippen molar-refractivity contribution in [2.75, 3.05) is 0 Å². The average molecular weight is 186 g/mol. The van der Waals surface area contributed by atoms with Crippen LogP contribution in [0.15, 0.2) is 0 Å². The summed E-state index contributed by atoms with van der Waals surface area (Å²) in [6.07, 6.45) is 11.4. The summed E-state index contributed by atoms with van der Waals surface area (Å²) in [6.45, 7) is 6.97. The lowest BCUT2D eigenvalue weighted by Crippen LogP contribution is -1.94. The van der Waals surface area contributed by atoms with Crippen LogP contribution in [-0.2, 0) is 0 Å². The van der Waals surface area contributed by atoms with E-state index in [9.17, 15) is 0 Å². The molecule has 0 radical (unpaired) electrons. The van der Waals surface area contributed by atoms with Crippen molar-refractivity contribution in [1.82, 2.24) is 0 Å². The summed E-state index contributed by atoms with van der Waals surface area (Å²) in [7, 11) is 0. The van der Waals surface area contributed by atoms with Crippen molar-refractivity contribution in [2.45, 2.75) is 79.6 Å². The van der Waals surface area contributed by atoms with Crippen molar-refractivity contribution in [3.63, 3.8) is 0 Å². The summed E-state index contributed by atoms with van der Waals surface area (Å²) in [4.78, 5) is 0. The van der Waals surface area contributed by atoms with Gasteiger partial charge < -0.3 is 0 Å². The molecule has 0 heteroatoms. The van der Waals surface area contributed by atoms with E-state index in [-0.39, 0.29) is 7.43 Å². The largest absolute Gasteiger partial charge is 0.0776 e. The highest BCUT2D eigenvalue weighted by atomic mass is 14.1. The van der Waals surface area contributed by atoms with Crippen molar-refractivity contribution in [2.24, 2.45) is 5.92 Å². The van der Waals surface area contributed by atoms with E-state index in [1.54, 1.807) is 0 Å². The van der Waals surface area contributed by atoms with Gasteiger partial charge in [-0.05, 0) is 5.92 Å². The highest BCUT2D eigenvalue weighted by Crippen LogP contribution is 2.16. The van der Waals surface area contributed by atoms with Crippen molar-refractivity contribution in [3.05, 3.63) is 0 Å². The lowest BCUT2D eigenvalue weighted by Gasteiger charge is -2.09. The van der Waals surface area contributed by atoms with Crippen molar-refractivity contribution in [3.8, 4) is 0 Å². The van der Waals surface area contributed by atoms with Gasteiger partial charge in [-0.2, -0.15) is 0 Å². The Kier molecular flexibility index (Phi) is 14.3. The molecule has 0 aromatic heterocycles. The normalized spacial score (nSPS) is 10.2. The molecule has 0 aliphatic carbocycles. The maximum Gasteiger partial charge on any atom is -0.0443 e. The lowest BCUT2D eigenvalue weighted by molar-refractivity contribution is 0.442. The van der Waals surface area contributed by atoms with Crippen LogP contribution in [0.1, 0.15) is 79.6 Å².